The van der Waals surface area contributed by atoms with Crippen LogP contribution in [-0.4, -0.2) is 32.2 Å². The zero-order valence-electron chi connectivity index (χ0n) is 11.1. The summed E-state index contributed by atoms with van der Waals surface area (Å²) < 4.78 is 28.9. The summed E-state index contributed by atoms with van der Waals surface area (Å²) in [7, 11) is -4.16. The Balaban J connectivity index is 3.13. The zero-order valence-corrected chi connectivity index (χ0v) is 13.5. The molecule has 0 saturated heterocycles. The van der Waals surface area contributed by atoms with E-state index >= 15 is 0 Å². The Hall–Kier alpha value is -1.65. The number of amides is 1. The highest BCUT2D eigenvalue weighted by Crippen LogP contribution is 2.27. The molecular weight excluding hydrogens is 368 g/mol. The van der Waals surface area contributed by atoms with Gasteiger partial charge in [0, 0.05) is 4.47 Å². The molecule has 0 bridgehead atoms. The first-order chi connectivity index (χ1) is 9.69. The largest absolute Gasteiger partial charge is 0.478 e. The number of ether oxygens (including phenoxy) is 1. The monoisotopic (exact) mass is 380 g/mol. The van der Waals surface area contributed by atoms with Gasteiger partial charge in [0.2, 0.25) is 0 Å². The van der Waals surface area contributed by atoms with Crippen LogP contribution in [0.2, 0.25) is 0 Å². The Morgan fingerprint density at radius 2 is 2.00 bits per heavy atom. The van der Waals surface area contributed by atoms with Crippen LogP contribution in [0, 0.1) is 6.92 Å². The van der Waals surface area contributed by atoms with Gasteiger partial charge in [0.25, 0.3) is 10.0 Å². The number of nitrogens with one attached hydrogen (secondary N) is 2. The topological polar surface area (TPSA) is 122 Å². The predicted molar refractivity (Wildman–Crippen MR) is 76.3 cm³/mol. The lowest BCUT2D eigenvalue weighted by molar-refractivity contribution is 0.0696. The summed E-state index contributed by atoms with van der Waals surface area (Å²) >= 11 is 3.08. The van der Waals surface area contributed by atoms with E-state index in [1.807, 2.05) is 10.3 Å². The van der Waals surface area contributed by atoms with E-state index in [-0.39, 0.29) is 21.5 Å². The molecule has 8 nitrogen and oxygen atoms in total. The molecule has 0 aliphatic heterocycles. The number of hydrazine groups is 1. The van der Waals surface area contributed by atoms with E-state index in [2.05, 4.69) is 20.7 Å². The van der Waals surface area contributed by atoms with Crippen LogP contribution in [-0.2, 0) is 14.8 Å². The molecule has 0 unspecified atom stereocenters. The minimum atomic E-state index is -4.16. The first kappa shape index (κ1) is 17.4. The molecule has 0 aromatic heterocycles. The fourth-order valence-corrected chi connectivity index (χ4v) is 3.26. The number of carbonyl (C=O) groups is 2. The minimum Gasteiger partial charge on any atom is -0.478 e. The highest BCUT2D eigenvalue weighted by atomic mass is 79.9. The Labute approximate surface area is 129 Å². The van der Waals surface area contributed by atoms with Gasteiger partial charge in [0.1, 0.15) is 0 Å². The summed E-state index contributed by atoms with van der Waals surface area (Å²) in [4.78, 5) is 23.6. The van der Waals surface area contributed by atoms with E-state index in [9.17, 15) is 18.0 Å². The second kappa shape index (κ2) is 6.87. The lowest BCUT2D eigenvalue weighted by Gasteiger charge is -2.12. The number of carboxylic acids is 1. The van der Waals surface area contributed by atoms with Gasteiger partial charge in [0.15, 0.2) is 0 Å². The standard InChI is InChI=1S/C11H13BrN2O6S/c1-3-20-11(17)13-14-21(18,19)8-5-7(10(15)16)4-6(2)9(8)12/h4-5,14H,3H2,1-2H3,(H,13,17)(H,15,16). The molecule has 0 aliphatic rings. The number of aromatic carboxylic acids is 1. The number of carboxylic acid groups (broad SMARTS) is 1. The molecule has 116 valence electrons. The third-order valence-electron chi connectivity index (χ3n) is 2.32. The van der Waals surface area contributed by atoms with Crippen molar-refractivity contribution in [2.75, 3.05) is 6.61 Å². The average molecular weight is 381 g/mol. The van der Waals surface area contributed by atoms with E-state index in [4.69, 9.17) is 5.11 Å². The van der Waals surface area contributed by atoms with Crippen LogP contribution < -0.4 is 10.3 Å². The van der Waals surface area contributed by atoms with Gasteiger partial charge < -0.3 is 9.84 Å². The number of sulfonamides is 1. The van der Waals surface area contributed by atoms with E-state index in [1.165, 1.54) is 6.07 Å². The smallest absolute Gasteiger partial charge is 0.422 e. The predicted octanol–water partition coefficient (Wildman–Crippen LogP) is 1.40. The van der Waals surface area contributed by atoms with Crippen molar-refractivity contribution < 1.29 is 27.9 Å². The Kier molecular flexibility index (Phi) is 5.70. The van der Waals surface area contributed by atoms with Crippen LogP contribution in [0.4, 0.5) is 4.79 Å². The minimum absolute atomic E-state index is 0.0743. The molecule has 0 radical (unpaired) electrons. The molecule has 1 amide bonds. The van der Waals surface area contributed by atoms with Crippen molar-refractivity contribution in [3.8, 4) is 0 Å². The molecule has 0 aliphatic carbocycles. The SMILES string of the molecule is CCOC(=O)NNS(=O)(=O)c1cc(C(=O)O)cc(C)c1Br. The van der Waals surface area contributed by atoms with Crippen molar-refractivity contribution in [2.45, 2.75) is 18.7 Å². The molecule has 0 spiro atoms. The molecular formula is C11H13BrN2O6S. The maximum Gasteiger partial charge on any atom is 0.422 e. The molecule has 21 heavy (non-hydrogen) atoms. The quantitative estimate of drug-likeness (QED) is 0.663. The van der Waals surface area contributed by atoms with Crippen molar-refractivity contribution in [3.05, 3.63) is 27.7 Å². The normalized spacial score (nSPS) is 11.0. The molecule has 0 atom stereocenters. The highest BCUT2D eigenvalue weighted by molar-refractivity contribution is 9.10. The number of carbonyl (C=O) groups excluding carboxylic acids is 1. The number of halogens is 1. The second-order valence-electron chi connectivity index (χ2n) is 3.86. The zero-order chi connectivity index (χ0) is 16.2. The number of hydrogen-bond acceptors (Lipinski definition) is 5. The van der Waals surface area contributed by atoms with Crippen molar-refractivity contribution >= 4 is 38.0 Å². The van der Waals surface area contributed by atoms with Crippen molar-refractivity contribution in [3.63, 3.8) is 0 Å². The third kappa shape index (κ3) is 4.41. The van der Waals surface area contributed by atoms with Gasteiger partial charge in [-0.2, -0.15) is 0 Å². The first-order valence-electron chi connectivity index (χ1n) is 5.67. The van der Waals surface area contributed by atoms with Gasteiger partial charge in [-0.15, -0.1) is 4.83 Å². The van der Waals surface area contributed by atoms with Gasteiger partial charge in [-0.05, 0) is 47.5 Å². The van der Waals surface area contributed by atoms with Crippen LogP contribution in [0.5, 0.6) is 0 Å². The number of benzene rings is 1. The fourth-order valence-electron chi connectivity index (χ4n) is 1.39. The molecule has 0 fully saturated rings. The Bertz CT molecular complexity index is 674. The van der Waals surface area contributed by atoms with Gasteiger partial charge in [-0.1, -0.05) is 0 Å². The lowest BCUT2D eigenvalue weighted by atomic mass is 10.1. The summed E-state index contributed by atoms with van der Waals surface area (Å²) in [5, 5.41) is 8.96. The van der Waals surface area contributed by atoms with Crippen molar-refractivity contribution in [1.29, 1.82) is 0 Å². The van der Waals surface area contributed by atoms with Crippen LogP contribution >= 0.6 is 15.9 Å². The van der Waals surface area contributed by atoms with Crippen molar-refractivity contribution in [1.82, 2.24) is 10.3 Å². The summed E-state index contributed by atoms with van der Waals surface area (Å²) in [5.74, 6) is -1.26. The lowest BCUT2D eigenvalue weighted by Crippen LogP contribution is -2.42. The number of aryl methyl sites for hydroxylation is 1. The van der Waals surface area contributed by atoms with E-state index in [0.29, 0.717) is 5.56 Å². The van der Waals surface area contributed by atoms with Crippen molar-refractivity contribution in [2.24, 2.45) is 0 Å². The van der Waals surface area contributed by atoms with Crippen LogP contribution in [0.1, 0.15) is 22.8 Å². The maximum absolute atomic E-state index is 12.1. The summed E-state index contributed by atoms with van der Waals surface area (Å²) in [6.45, 7) is 3.18. The maximum atomic E-state index is 12.1. The molecule has 1 aromatic rings. The summed E-state index contributed by atoms with van der Waals surface area (Å²) in [6, 6.07) is 2.30. The van der Waals surface area contributed by atoms with E-state index in [1.54, 1.807) is 13.8 Å². The Morgan fingerprint density at radius 1 is 1.38 bits per heavy atom. The molecule has 0 saturated carbocycles. The van der Waals surface area contributed by atoms with E-state index < -0.39 is 22.1 Å². The summed E-state index contributed by atoms with van der Waals surface area (Å²) in [5.41, 5.74) is 2.09. The number of rotatable bonds is 5. The van der Waals surface area contributed by atoms with Crippen LogP contribution in [0.3, 0.4) is 0 Å². The molecule has 10 heteroatoms. The molecule has 1 aromatic carbocycles. The molecule has 3 N–H and O–H groups in total. The third-order valence-corrected chi connectivity index (χ3v) is 4.91. The second-order valence-corrected chi connectivity index (χ2v) is 6.31. The first-order valence-corrected chi connectivity index (χ1v) is 7.94. The van der Waals surface area contributed by atoms with Crippen LogP contribution in [0.15, 0.2) is 21.5 Å². The average Bonchev–Trinajstić information content (AvgIpc) is 2.39. The van der Waals surface area contributed by atoms with Gasteiger partial charge in [-0.25, -0.2) is 23.4 Å². The van der Waals surface area contributed by atoms with Gasteiger partial charge in [-0.3, -0.25) is 0 Å². The molecule has 1 rings (SSSR count). The van der Waals surface area contributed by atoms with E-state index in [0.717, 1.165) is 6.07 Å². The van der Waals surface area contributed by atoms with Crippen LogP contribution in [0.25, 0.3) is 0 Å². The number of hydrogen-bond donors (Lipinski definition) is 3. The van der Waals surface area contributed by atoms with Gasteiger partial charge in [0.05, 0.1) is 17.1 Å². The van der Waals surface area contributed by atoms with Gasteiger partial charge >= 0.3 is 12.1 Å². The fraction of sp³-hybridized carbons (Fsp3) is 0.273. The molecule has 0 heterocycles. The Morgan fingerprint density at radius 3 is 2.52 bits per heavy atom. The summed E-state index contributed by atoms with van der Waals surface area (Å²) in [6.07, 6.45) is -0.969. The highest BCUT2D eigenvalue weighted by Gasteiger charge is 2.22.